The molecule has 3 nitrogen and oxygen atoms in total. The van der Waals surface area contributed by atoms with Gasteiger partial charge in [-0.05, 0) is 24.6 Å². The second-order valence-corrected chi connectivity index (χ2v) is 4.72. The fourth-order valence-corrected chi connectivity index (χ4v) is 1.06. The number of anilines is 1. The quantitative estimate of drug-likeness (QED) is 0.695. The summed E-state index contributed by atoms with van der Waals surface area (Å²) in [5.74, 6) is -0.00532. The molecule has 0 unspecified atom stereocenters. The minimum absolute atomic E-state index is 0.104. The maximum Gasteiger partial charge on any atom is 0.229 e. The number of carbonyl (C=O) groups is 1. The molecule has 15 heavy (non-hydrogen) atoms. The summed E-state index contributed by atoms with van der Waals surface area (Å²) in [6.45, 7) is 7.36. The Labute approximate surface area is 90.1 Å². The number of carbonyl (C=O) groups excluding carboxylic acids is 1. The van der Waals surface area contributed by atoms with Gasteiger partial charge in [-0.25, -0.2) is 0 Å². The Morgan fingerprint density at radius 3 is 2.40 bits per heavy atom. The van der Waals surface area contributed by atoms with Crippen molar-refractivity contribution in [2.75, 3.05) is 5.32 Å². The largest absolute Gasteiger partial charge is 0.506 e. The van der Waals surface area contributed by atoms with Gasteiger partial charge in [-0.2, -0.15) is 0 Å². The molecule has 0 spiro atoms. The van der Waals surface area contributed by atoms with Gasteiger partial charge in [0.05, 0.1) is 5.69 Å². The molecular formula is C12H17NO2. The SMILES string of the molecule is Cc1ccc(NC(=O)C(C)(C)C)c(O)c1. The van der Waals surface area contributed by atoms with Crippen LogP contribution in [0.3, 0.4) is 0 Å². The number of aryl methyl sites for hydroxylation is 1. The highest BCUT2D eigenvalue weighted by molar-refractivity contribution is 5.95. The summed E-state index contributed by atoms with van der Waals surface area (Å²) in [5, 5.41) is 12.3. The van der Waals surface area contributed by atoms with E-state index in [1.54, 1.807) is 12.1 Å². The first kappa shape index (κ1) is 11.6. The molecule has 0 radical (unpaired) electrons. The highest BCUT2D eigenvalue weighted by Crippen LogP contribution is 2.26. The fraction of sp³-hybridized carbons (Fsp3) is 0.417. The second-order valence-electron chi connectivity index (χ2n) is 4.72. The number of phenolic OH excluding ortho intramolecular Hbond substituents is 1. The van der Waals surface area contributed by atoms with Crippen LogP contribution in [0.5, 0.6) is 5.75 Å². The maximum atomic E-state index is 11.6. The Balaban J connectivity index is 2.87. The molecule has 1 aromatic rings. The van der Waals surface area contributed by atoms with Crippen molar-refractivity contribution in [2.45, 2.75) is 27.7 Å². The van der Waals surface area contributed by atoms with E-state index in [0.717, 1.165) is 5.56 Å². The lowest BCUT2D eigenvalue weighted by Gasteiger charge is -2.18. The number of aromatic hydroxyl groups is 1. The maximum absolute atomic E-state index is 11.6. The monoisotopic (exact) mass is 207 g/mol. The Morgan fingerprint density at radius 1 is 1.33 bits per heavy atom. The van der Waals surface area contributed by atoms with E-state index in [1.807, 2.05) is 33.8 Å². The Bertz CT molecular complexity index is 378. The summed E-state index contributed by atoms with van der Waals surface area (Å²) in [6.07, 6.45) is 0. The lowest BCUT2D eigenvalue weighted by atomic mass is 9.95. The van der Waals surface area contributed by atoms with E-state index in [1.165, 1.54) is 0 Å². The van der Waals surface area contributed by atoms with Crippen LogP contribution in [0, 0.1) is 12.3 Å². The highest BCUT2D eigenvalue weighted by atomic mass is 16.3. The number of nitrogens with one attached hydrogen (secondary N) is 1. The molecule has 0 heterocycles. The van der Waals surface area contributed by atoms with Crippen LogP contribution < -0.4 is 5.32 Å². The van der Waals surface area contributed by atoms with Crippen LogP contribution in [0.2, 0.25) is 0 Å². The van der Waals surface area contributed by atoms with Crippen LogP contribution in [0.25, 0.3) is 0 Å². The lowest BCUT2D eigenvalue weighted by Crippen LogP contribution is -2.27. The Morgan fingerprint density at radius 2 is 1.93 bits per heavy atom. The van der Waals surface area contributed by atoms with Gasteiger partial charge in [-0.15, -0.1) is 0 Å². The van der Waals surface area contributed by atoms with Crippen molar-refractivity contribution < 1.29 is 9.90 Å². The molecule has 0 saturated carbocycles. The number of amides is 1. The van der Waals surface area contributed by atoms with Gasteiger partial charge >= 0.3 is 0 Å². The number of hydrogen-bond donors (Lipinski definition) is 2. The van der Waals surface area contributed by atoms with E-state index in [0.29, 0.717) is 5.69 Å². The van der Waals surface area contributed by atoms with Crippen LogP contribution in [-0.4, -0.2) is 11.0 Å². The van der Waals surface area contributed by atoms with Crippen molar-refractivity contribution in [3.8, 4) is 5.75 Å². The van der Waals surface area contributed by atoms with Crippen LogP contribution in [0.15, 0.2) is 18.2 Å². The van der Waals surface area contributed by atoms with Crippen molar-refractivity contribution in [1.29, 1.82) is 0 Å². The van der Waals surface area contributed by atoms with Gasteiger partial charge in [0.1, 0.15) is 5.75 Å². The smallest absolute Gasteiger partial charge is 0.229 e. The predicted molar refractivity (Wildman–Crippen MR) is 60.9 cm³/mol. The molecule has 1 amide bonds. The molecule has 0 bridgehead atoms. The van der Waals surface area contributed by atoms with Crippen molar-refractivity contribution in [3.63, 3.8) is 0 Å². The Kier molecular flexibility index (Phi) is 3.03. The normalized spacial score (nSPS) is 11.2. The zero-order valence-electron chi connectivity index (χ0n) is 9.59. The number of hydrogen-bond acceptors (Lipinski definition) is 2. The molecule has 3 heteroatoms. The van der Waals surface area contributed by atoms with Gasteiger partial charge < -0.3 is 10.4 Å². The Hall–Kier alpha value is -1.51. The number of phenols is 1. The molecule has 0 aliphatic rings. The van der Waals surface area contributed by atoms with Crippen LogP contribution in [-0.2, 0) is 4.79 Å². The zero-order chi connectivity index (χ0) is 11.6. The summed E-state index contributed by atoms with van der Waals surface area (Å²) in [7, 11) is 0. The van der Waals surface area contributed by atoms with Gasteiger partial charge in [0.15, 0.2) is 0 Å². The summed E-state index contributed by atoms with van der Waals surface area (Å²) in [4.78, 5) is 11.6. The predicted octanol–water partition coefficient (Wildman–Crippen LogP) is 2.69. The van der Waals surface area contributed by atoms with Gasteiger partial charge in [0, 0.05) is 5.41 Å². The standard InChI is InChI=1S/C12H17NO2/c1-8-5-6-9(10(14)7-8)13-11(15)12(2,3)4/h5-7,14H,1-4H3,(H,13,15). The van der Waals surface area contributed by atoms with Gasteiger partial charge in [-0.3, -0.25) is 4.79 Å². The molecular weight excluding hydrogens is 190 g/mol. The number of rotatable bonds is 1. The molecule has 2 N–H and O–H groups in total. The average molecular weight is 207 g/mol. The molecule has 0 atom stereocenters. The molecule has 0 saturated heterocycles. The fourth-order valence-electron chi connectivity index (χ4n) is 1.06. The molecule has 0 fully saturated rings. The minimum atomic E-state index is -0.461. The van der Waals surface area contributed by atoms with Crippen molar-refractivity contribution >= 4 is 11.6 Å². The van der Waals surface area contributed by atoms with E-state index in [9.17, 15) is 9.90 Å². The van der Waals surface area contributed by atoms with E-state index < -0.39 is 5.41 Å². The van der Waals surface area contributed by atoms with Crippen LogP contribution >= 0.6 is 0 Å². The number of benzene rings is 1. The second kappa shape index (κ2) is 3.93. The van der Waals surface area contributed by atoms with E-state index in [4.69, 9.17) is 0 Å². The van der Waals surface area contributed by atoms with Gasteiger partial charge in [0.25, 0.3) is 0 Å². The first-order chi connectivity index (χ1) is 6.80. The lowest BCUT2D eigenvalue weighted by molar-refractivity contribution is -0.123. The van der Waals surface area contributed by atoms with E-state index >= 15 is 0 Å². The molecule has 1 rings (SSSR count). The molecule has 82 valence electrons. The van der Waals surface area contributed by atoms with Crippen LogP contribution in [0.4, 0.5) is 5.69 Å². The van der Waals surface area contributed by atoms with Crippen molar-refractivity contribution in [1.82, 2.24) is 0 Å². The summed E-state index contributed by atoms with van der Waals surface area (Å²) in [5.41, 5.74) is 0.957. The van der Waals surface area contributed by atoms with Crippen molar-refractivity contribution in [2.24, 2.45) is 5.41 Å². The molecule has 0 aliphatic carbocycles. The third kappa shape index (κ3) is 2.98. The van der Waals surface area contributed by atoms with Crippen LogP contribution in [0.1, 0.15) is 26.3 Å². The highest BCUT2D eigenvalue weighted by Gasteiger charge is 2.21. The topological polar surface area (TPSA) is 49.3 Å². The average Bonchev–Trinajstić information content (AvgIpc) is 2.08. The summed E-state index contributed by atoms with van der Waals surface area (Å²) in [6, 6.07) is 5.17. The van der Waals surface area contributed by atoms with Gasteiger partial charge in [-0.1, -0.05) is 26.8 Å². The molecule has 0 aromatic heterocycles. The van der Waals surface area contributed by atoms with Crippen molar-refractivity contribution in [3.05, 3.63) is 23.8 Å². The van der Waals surface area contributed by atoms with E-state index in [-0.39, 0.29) is 11.7 Å². The summed E-state index contributed by atoms with van der Waals surface area (Å²) >= 11 is 0. The first-order valence-corrected chi connectivity index (χ1v) is 4.92. The first-order valence-electron chi connectivity index (χ1n) is 4.92. The molecule has 1 aromatic carbocycles. The summed E-state index contributed by atoms with van der Waals surface area (Å²) < 4.78 is 0. The third-order valence-electron chi connectivity index (χ3n) is 2.08. The van der Waals surface area contributed by atoms with E-state index in [2.05, 4.69) is 5.32 Å². The minimum Gasteiger partial charge on any atom is -0.506 e. The third-order valence-corrected chi connectivity index (χ3v) is 2.08. The zero-order valence-corrected chi connectivity index (χ0v) is 9.59. The van der Waals surface area contributed by atoms with Gasteiger partial charge in [0.2, 0.25) is 5.91 Å². The molecule has 0 aliphatic heterocycles.